The molecule has 1 N–H and O–H groups in total. The second kappa shape index (κ2) is 8.40. The van der Waals surface area contributed by atoms with Crippen LogP contribution in [0.2, 0.25) is 0 Å². The van der Waals surface area contributed by atoms with Gasteiger partial charge in [-0.3, -0.25) is 5.43 Å². The first kappa shape index (κ1) is 9.40. The summed E-state index contributed by atoms with van der Waals surface area (Å²) in [4.78, 5) is 9.53. The Labute approximate surface area is 62.1 Å². The van der Waals surface area contributed by atoms with E-state index in [1.807, 2.05) is 0 Å². The van der Waals surface area contributed by atoms with Crippen LogP contribution in [0.5, 0.6) is 0 Å². The average molecular weight is 144 g/mol. The number of rotatable bonds is 7. The SMILES string of the molecule is CCCCCCCNN=O. The predicted molar refractivity (Wildman–Crippen MR) is 42.6 cm³/mol. The van der Waals surface area contributed by atoms with Gasteiger partial charge < -0.3 is 0 Å². The highest BCUT2D eigenvalue weighted by Crippen LogP contribution is 2.00. The first-order chi connectivity index (χ1) is 4.91. The normalized spacial score (nSPS) is 9.30. The largest absolute Gasteiger partial charge is 0.274 e. The Morgan fingerprint density at radius 3 is 2.50 bits per heavy atom. The van der Waals surface area contributed by atoms with Gasteiger partial charge in [-0.25, -0.2) is 0 Å². The van der Waals surface area contributed by atoms with Crippen LogP contribution < -0.4 is 5.43 Å². The van der Waals surface area contributed by atoms with Gasteiger partial charge in [-0.2, -0.15) is 0 Å². The molecule has 0 amide bonds. The minimum Gasteiger partial charge on any atom is -0.274 e. The standard InChI is InChI=1S/C7H16N2O/c1-2-3-4-5-6-7-8-9-10/h2-7H2,1H3,(H,8,10). The summed E-state index contributed by atoms with van der Waals surface area (Å²) in [6.45, 7) is 2.92. The molecule has 0 unspecified atom stereocenters. The minimum absolute atomic E-state index is 0.729. The molecule has 0 saturated heterocycles. The van der Waals surface area contributed by atoms with E-state index >= 15 is 0 Å². The van der Waals surface area contributed by atoms with Gasteiger partial charge in [0.2, 0.25) is 0 Å². The van der Waals surface area contributed by atoms with Crippen LogP contribution in [-0.4, -0.2) is 6.54 Å². The third-order valence-corrected chi connectivity index (χ3v) is 1.46. The third-order valence-electron chi connectivity index (χ3n) is 1.46. The Morgan fingerprint density at radius 2 is 1.90 bits per heavy atom. The fourth-order valence-electron chi connectivity index (χ4n) is 0.853. The van der Waals surface area contributed by atoms with Gasteiger partial charge in [-0.15, -0.1) is 4.91 Å². The molecule has 60 valence electrons. The summed E-state index contributed by atoms with van der Waals surface area (Å²) in [5, 5.41) is 2.55. The van der Waals surface area contributed by atoms with Crippen LogP contribution in [0.3, 0.4) is 0 Å². The lowest BCUT2D eigenvalue weighted by Crippen LogP contribution is -2.05. The van der Waals surface area contributed by atoms with Crippen molar-refractivity contribution in [2.24, 2.45) is 5.29 Å². The summed E-state index contributed by atoms with van der Waals surface area (Å²) in [5.74, 6) is 0. The smallest absolute Gasteiger partial charge is 0.0496 e. The van der Waals surface area contributed by atoms with E-state index in [2.05, 4.69) is 17.6 Å². The molecule has 0 radical (unpaired) electrons. The number of unbranched alkanes of at least 4 members (excludes halogenated alkanes) is 4. The van der Waals surface area contributed by atoms with Crippen molar-refractivity contribution < 1.29 is 0 Å². The molecule has 3 heteroatoms. The molecule has 0 aliphatic rings. The summed E-state index contributed by atoms with van der Waals surface area (Å²) in [6, 6.07) is 0. The van der Waals surface area contributed by atoms with Crippen molar-refractivity contribution in [3.63, 3.8) is 0 Å². The lowest BCUT2D eigenvalue weighted by atomic mass is 10.2. The highest BCUT2D eigenvalue weighted by Gasteiger charge is 1.86. The number of hydrogen-bond acceptors (Lipinski definition) is 2. The van der Waals surface area contributed by atoms with E-state index in [4.69, 9.17) is 0 Å². The van der Waals surface area contributed by atoms with Crippen molar-refractivity contribution in [1.82, 2.24) is 5.43 Å². The summed E-state index contributed by atoms with van der Waals surface area (Å²) in [7, 11) is 0. The highest BCUT2D eigenvalue weighted by atomic mass is 16.3. The van der Waals surface area contributed by atoms with Crippen molar-refractivity contribution >= 4 is 0 Å². The summed E-state index contributed by atoms with van der Waals surface area (Å²) < 4.78 is 0. The number of nitrogens with one attached hydrogen (secondary N) is 1. The fraction of sp³-hybridized carbons (Fsp3) is 1.00. The monoisotopic (exact) mass is 144 g/mol. The predicted octanol–water partition coefficient (Wildman–Crippen LogP) is 2.23. The fourth-order valence-corrected chi connectivity index (χ4v) is 0.853. The van der Waals surface area contributed by atoms with Gasteiger partial charge in [0.05, 0.1) is 0 Å². The van der Waals surface area contributed by atoms with E-state index in [0.29, 0.717) is 0 Å². The molecule has 0 aliphatic heterocycles. The molecular weight excluding hydrogens is 128 g/mol. The number of hydrogen-bond donors (Lipinski definition) is 1. The van der Waals surface area contributed by atoms with Crippen molar-refractivity contribution in [3.8, 4) is 0 Å². The molecule has 0 spiro atoms. The molecule has 0 rings (SSSR count). The lowest BCUT2D eigenvalue weighted by molar-refractivity contribution is 0.594. The maximum atomic E-state index is 9.53. The van der Waals surface area contributed by atoms with Crippen LogP contribution in [0, 0.1) is 4.91 Å². The number of nitroso groups, excluding NO2 is 1. The molecule has 0 saturated carbocycles. The van der Waals surface area contributed by atoms with Crippen molar-refractivity contribution in [2.75, 3.05) is 6.54 Å². The topological polar surface area (TPSA) is 41.5 Å². The van der Waals surface area contributed by atoms with E-state index in [9.17, 15) is 4.91 Å². The molecule has 3 nitrogen and oxygen atoms in total. The molecule has 0 heterocycles. The maximum Gasteiger partial charge on any atom is 0.0496 e. The zero-order chi connectivity index (χ0) is 7.66. The van der Waals surface area contributed by atoms with Crippen molar-refractivity contribution in [1.29, 1.82) is 0 Å². The summed E-state index contributed by atoms with van der Waals surface area (Å²) in [6.07, 6.45) is 6.10. The highest BCUT2D eigenvalue weighted by molar-refractivity contribution is 4.44. The maximum absolute atomic E-state index is 9.53. The van der Waals surface area contributed by atoms with Crippen molar-refractivity contribution in [3.05, 3.63) is 4.91 Å². The van der Waals surface area contributed by atoms with E-state index in [1.54, 1.807) is 0 Å². The molecule has 0 fully saturated rings. The van der Waals surface area contributed by atoms with Gasteiger partial charge in [0.1, 0.15) is 0 Å². The van der Waals surface area contributed by atoms with Gasteiger partial charge in [0.15, 0.2) is 0 Å². The first-order valence-electron chi connectivity index (χ1n) is 3.97. The minimum atomic E-state index is 0.729. The van der Waals surface area contributed by atoms with Gasteiger partial charge >= 0.3 is 0 Å². The van der Waals surface area contributed by atoms with E-state index < -0.39 is 0 Å². The zero-order valence-electron chi connectivity index (χ0n) is 6.60. The molecule has 0 aromatic heterocycles. The van der Waals surface area contributed by atoms with Crippen LogP contribution in [0.15, 0.2) is 5.29 Å². The molecule has 0 aliphatic carbocycles. The van der Waals surface area contributed by atoms with Crippen LogP contribution in [0.1, 0.15) is 39.0 Å². The molecular formula is C7H16N2O. The van der Waals surface area contributed by atoms with Crippen LogP contribution in [-0.2, 0) is 0 Å². The summed E-state index contributed by atoms with van der Waals surface area (Å²) in [5.41, 5.74) is 2.39. The lowest BCUT2D eigenvalue weighted by Gasteiger charge is -1.96. The van der Waals surface area contributed by atoms with Gasteiger partial charge in [0.25, 0.3) is 0 Å². The first-order valence-corrected chi connectivity index (χ1v) is 3.97. The molecule has 10 heavy (non-hydrogen) atoms. The third kappa shape index (κ3) is 7.40. The van der Waals surface area contributed by atoms with E-state index in [-0.39, 0.29) is 0 Å². The Hall–Kier alpha value is -0.600. The second-order valence-electron chi connectivity index (χ2n) is 2.41. The second-order valence-corrected chi connectivity index (χ2v) is 2.41. The van der Waals surface area contributed by atoms with Crippen molar-refractivity contribution in [2.45, 2.75) is 39.0 Å². The molecule has 0 aromatic rings. The Kier molecular flexibility index (Phi) is 7.90. The molecule has 0 atom stereocenters. The average Bonchev–Trinajstić information content (AvgIpc) is 1.97. The van der Waals surface area contributed by atoms with Gasteiger partial charge in [-0.1, -0.05) is 32.6 Å². The van der Waals surface area contributed by atoms with E-state index in [0.717, 1.165) is 13.0 Å². The van der Waals surface area contributed by atoms with Gasteiger partial charge in [0, 0.05) is 11.8 Å². The Bertz CT molecular complexity index is 76.0. The number of nitrogens with zero attached hydrogens (tertiary/aromatic N) is 1. The van der Waals surface area contributed by atoms with Crippen LogP contribution in [0.25, 0.3) is 0 Å². The van der Waals surface area contributed by atoms with Gasteiger partial charge in [-0.05, 0) is 6.42 Å². The molecule has 0 aromatic carbocycles. The van der Waals surface area contributed by atoms with Crippen LogP contribution in [0.4, 0.5) is 0 Å². The van der Waals surface area contributed by atoms with E-state index in [1.165, 1.54) is 25.7 Å². The zero-order valence-corrected chi connectivity index (χ0v) is 6.60. The van der Waals surface area contributed by atoms with Crippen LogP contribution >= 0.6 is 0 Å². The Morgan fingerprint density at radius 1 is 1.20 bits per heavy atom. The molecule has 0 bridgehead atoms. The Balaban J connectivity index is 2.70. The summed E-state index contributed by atoms with van der Waals surface area (Å²) >= 11 is 0. The quantitative estimate of drug-likeness (QED) is 0.338.